The number of rotatable bonds is 2. The molecular weight excluding hydrogens is 313 g/mol. The maximum Gasteiger partial charge on any atom is 0.343 e. The van der Waals surface area contributed by atoms with Gasteiger partial charge in [0.15, 0.2) is 5.75 Å². The van der Waals surface area contributed by atoms with Gasteiger partial charge in [-0.05, 0) is 30.3 Å². The quantitative estimate of drug-likeness (QED) is 0.442. The summed E-state index contributed by atoms with van der Waals surface area (Å²) in [6.07, 6.45) is 0. The van der Waals surface area contributed by atoms with Gasteiger partial charge < -0.3 is 4.74 Å². The normalized spacial score (nSPS) is 10.3. The molecule has 0 fully saturated rings. The molecule has 0 radical (unpaired) electrons. The van der Waals surface area contributed by atoms with E-state index in [1.165, 1.54) is 24.3 Å². The summed E-state index contributed by atoms with van der Waals surface area (Å²) < 4.78 is 17.8. The van der Waals surface area contributed by atoms with Crippen LogP contribution >= 0.6 is 34.8 Å². The Morgan fingerprint density at radius 2 is 1.53 bits per heavy atom. The molecule has 0 atom stereocenters. The van der Waals surface area contributed by atoms with E-state index in [0.29, 0.717) is 0 Å². The molecule has 0 N–H and O–H groups in total. The van der Waals surface area contributed by atoms with Crippen molar-refractivity contribution >= 4 is 40.8 Å². The Morgan fingerprint density at radius 1 is 0.947 bits per heavy atom. The van der Waals surface area contributed by atoms with Crippen molar-refractivity contribution < 1.29 is 13.9 Å². The fourth-order valence-corrected chi connectivity index (χ4v) is 1.90. The molecule has 2 aromatic carbocycles. The van der Waals surface area contributed by atoms with Crippen molar-refractivity contribution in [1.82, 2.24) is 0 Å². The molecule has 0 bridgehead atoms. The van der Waals surface area contributed by atoms with Gasteiger partial charge in [0.1, 0.15) is 5.82 Å². The van der Waals surface area contributed by atoms with Crippen LogP contribution in [-0.2, 0) is 0 Å². The molecule has 19 heavy (non-hydrogen) atoms. The number of carbonyl (C=O) groups excluding carboxylic acids is 1. The largest absolute Gasteiger partial charge is 0.421 e. The fraction of sp³-hybridized carbons (Fsp3) is 0. The summed E-state index contributed by atoms with van der Waals surface area (Å²) in [4.78, 5) is 11.8. The maximum absolute atomic E-state index is 12.7. The van der Waals surface area contributed by atoms with Crippen LogP contribution in [0.15, 0.2) is 36.4 Å². The highest BCUT2D eigenvalue weighted by atomic mass is 35.5. The second-order valence-corrected chi connectivity index (χ2v) is 4.81. The SMILES string of the molecule is O=C(Oc1cc(Cl)c(Cl)cc1Cl)c1ccc(F)cc1. The average Bonchev–Trinajstić information content (AvgIpc) is 2.36. The van der Waals surface area contributed by atoms with E-state index in [1.54, 1.807) is 0 Å². The number of carbonyl (C=O) groups is 1. The predicted molar refractivity (Wildman–Crippen MR) is 72.8 cm³/mol. The first kappa shape index (κ1) is 14.1. The van der Waals surface area contributed by atoms with Crippen LogP contribution in [-0.4, -0.2) is 5.97 Å². The number of ether oxygens (including phenoxy) is 1. The van der Waals surface area contributed by atoms with Crippen LogP contribution in [0.3, 0.4) is 0 Å². The first-order valence-corrected chi connectivity index (χ1v) is 6.23. The van der Waals surface area contributed by atoms with Gasteiger partial charge in [0.05, 0.1) is 20.6 Å². The van der Waals surface area contributed by atoms with Gasteiger partial charge in [0.25, 0.3) is 0 Å². The van der Waals surface area contributed by atoms with Crippen molar-refractivity contribution in [3.8, 4) is 5.75 Å². The van der Waals surface area contributed by atoms with Crippen molar-refractivity contribution in [3.63, 3.8) is 0 Å². The number of esters is 1. The minimum atomic E-state index is -0.666. The van der Waals surface area contributed by atoms with Crippen molar-refractivity contribution in [2.45, 2.75) is 0 Å². The van der Waals surface area contributed by atoms with Crippen molar-refractivity contribution in [2.24, 2.45) is 0 Å². The predicted octanol–water partition coefficient (Wildman–Crippen LogP) is 5.01. The summed E-state index contributed by atoms with van der Waals surface area (Å²) >= 11 is 17.4. The zero-order valence-electron chi connectivity index (χ0n) is 9.29. The zero-order valence-corrected chi connectivity index (χ0v) is 11.6. The highest BCUT2D eigenvalue weighted by Crippen LogP contribution is 2.34. The molecule has 2 aromatic rings. The summed E-state index contributed by atoms with van der Waals surface area (Å²) in [5.74, 6) is -1.02. The molecule has 0 saturated carbocycles. The highest BCUT2D eigenvalue weighted by Gasteiger charge is 2.13. The van der Waals surface area contributed by atoms with Crippen molar-refractivity contribution in [3.05, 3.63) is 62.8 Å². The number of benzene rings is 2. The molecule has 0 aromatic heterocycles. The minimum Gasteiger partial charge on any atom is -0.421 e. The first-order valence-electron chi connectivity index (χ1n) is 5.09. The lowest BCUT2D eigenvalue weighted by molar-refractivity contribution is 0.0735. The smallest absolute Gasteiger partial charge is 0.343 e. The first-order chi connectivity index (χ1) is 8.97. The molecule has 0 spiro atoms. The van der Waals surface area contributed by atoms with Crippen LogP contribution in [0, 0.1) is 5.82 Å². The molecule has 0 saturated heterocycles. The maximum atomic E-state index is 12.7. The van der Waals surface area contributed by atoms with Crippen LogP contribution in [0.4, 0.5) is 4.39 Å². The van der Waals surface area contributed by atoms with E-state index >= 15 is 0 Å². The van der Waals surface area contributed by atoms with Gasteiger partial charge in [-0.1, -0.05) is 34.8 Å². The van der Waals surface area contributed by atoms with E-state index in [1.807, 2.05) is 0 Å². The molecule has 0 unspecified atom stereocenters. The van der Waals surface area contributed by atoms with Gasteiger partial charge in [0.2, 0.25) is 0 Å². The van der Waals surface area contributed by atoms with Crippen molar-refractivity contribution in [1.29, 1.82) is 0 Å². The number of hydrogen-bond donors (Lipinski definition) is 0. The third-order valence-corrected chi connectivity index (χ3v) is 3.27. The third-order valence-electron chi connectivity index (χ3n) is 2.26. The molecule has 2 nitrogen and oxygen atoms in total. The van der Waals surface area contributed by atoms with Crippen LogP contribution in [0.1, 0.15) is 10.4 Å². The second-order valence-electron chi connectivity index (χ2n) is 3.59. The summed E-state index contributed by atoms with van der Waals surface area (Å²) in [6.45, 7) is 0. The Hall–Kier alpha value is -1.29. The monoisotopic (exact) mass is 318 g/mol. The summed E-state index contributed by atoms with van der Waals surface area (Å²) in [5, 5.41) is 0.631. The van der Waals surface area contributed by atoms with Crippen LogP contribution < -0.4 is 4.74 Å². The van der Waals surface area contributed by atoms with Crippen molar-refractivity contribution in [2.75, 3.05) is 0 Å². The lowest BCUT2D eigenvalue weighted by atomic mass is 10.2. The Labute approximate surface area is 123 Å². The lowest BCUT2D eigenvalue weighted by Gasteiger charge is -2.07. The Morgan fingerprint density at radius 3 is 2.16 bits per heavy atom. The van der Waals surface area contributed by atoms with Gasteiger partial charge in [-0.25, -0.2) is 9.18 Å². The van der Waals surface area contributed by atoms with E-state index in [2.05, 4.69) is 0 Å². The Bertz CT molecular complexity index is 627. The molecule has 0 aliphatic heterocycles. The summed E-state index contributed by atoms with van der Waals surface area (Å²) in [5.41, 5.74) is 0.198. The summed E-state index contributed by atoms with van der Waals surface area (Å²) in [7, 11) is 0. The molecule has 0 aliphatic carbocycles. The summed E-state index contributed by atoms with van der Waals surface area (Å²) in [6, 6.07) is 7.65. The third kappa shape index (κ3) is 3.38. The topological polar surface area (TPSA) is 26.3 Å². The van der Waals surface area contributed by atoms with E-state index in [4.69, 9.17) is 39.5 Å². The molecule has 2 rings (SSSR count). The van der Waals surface area contributed by atoms with Gasteiger partial charge in [-0.3, -0.25) is 0 Å². The zero-order chi connectivity index (χ0) is 14.0. The second kappa shape index (κ2) is 5.78. The Kier molecular flexibility index (Phi) is 4.30. The van der Waals surface area contributed by atoms with E-state index in [9.17, 15) is 9.18 Å². The van der Waals surface area contributed by atoms with Gasteiger partial charge in [0, 0.05) is 6.07 Å². The molecule has 0 amide bonds. The molecular formula is C13H6Cl3FO2. The van der Waals surface area contributed by atoms with E-state index < -0.39 is 11.8 Å². The van der Waals surface area contributed by atoms with E-state index in [0.717, 1.165) is 12.1 Å². The van der Waals surface area contributed by atoms with Crippen LogP contribution in [0.5, 0.6) is 5.75 Å². The molecule has 6 heteroatoms. The van der Waals surface area contributed by atoms with E-state index in [-0.39, 0.29) is 26.4 Å². The van der Waals surface area contributed by atoms with Crippen LogP contribution in [0.2, 0.25) is 15.1 Å². The number of halogens is 4. The standard InChI is InChI=1S/C13H6Cl3FO2/c14-9-5-11(16)12(6-10(9)15)19-13(18)7-1-3-8(17)4-2-7/h1-6H. The molecule has 98 valence electrons. The van der Waals surface area contributed by atoms with Gasteiger partial charge in [-0.2, -0.15) is 0 Å². The van der Waals surface area contributed by atoms with Gasteiger partial charge in [-0.15, -0.1) is 0 Å². The average molecular weight is 320 g/mol. The van der Waals surface area contributed by atoms with Gasteiger partial charge >= 0.3 is 5.97 Å². The molecule has 0 aliphatic rings. The Balaban J connectivity index is 2.24. The highest BCUT2D eigenvalue weighted by molar-refractivity contribution is 6.43. The minimum absolute atomic E-state index is 0.0883. The molecule has 0 heterocycles. The lowest BCUT2D eigenvalue weighted by Crippen LogP contribution is -2.08. The fourth-order valence-electron chi connectivity index (χ4n) is 1.33. The van der Waals surface area contributed by atoms with Crippen LogP contribution in [0.25, 0.3) is 0 Å². The number of hydrogen-bond acceptors (Lipinski definition) is 2.